The fourth-order valence-electron chi connectivity index (χ4n) is 1.58. The molecule has 0 bridgehead atoms. The van der Waals surface area contributed by atoms with E-state index in [1.807, 2.05) is 0 Å². The van der Waals surface area contributed by atoms with E-state index < -0.39 is 17.7 Å². The molecule has 0 spiro atoms. The summed E-state index contributed by atoms with van der Waals surface area (Å²) in [5.74, 6) is -3.00. The average molecular weight is 279 g/mol. The molecule has 0 aliphatic rings. The lowest BCUT2D eigenvalue weighted by molar-refractivity contribution is 0.0691. The summed E-state index contributed by atoms with van der Waals surface area (Å²) in [5, 5.41) is 16.9. The third-order valence-corrected chi connectivity index (χ3v) is 2.53. The second-order valence-corrected chi connectivity index (χ2v) is 3.74. The van der Waals surface area contributed by atoms with Crippen LogP contribution >= 0.6 is 0 Å². The monoisotopic (exact) mass is 279 g/mol. The lowest BCUT2D eigenvalue weighted by Crippen LogP contribution is -2.16. The van der Waals surface area contributed by atoms with Gasteiger partial charge in [-0.3, -0.25) is 9.89 Å². The number of hydrogen-bond acceptors (Lipinski definition) is 4. The first-order valence-electron chi connectivity index (χ1n) is 5.45. The van der Waals surface area contributed by atoms with E-state index in [1.165, 1.54) is 25.3 Å². The normalized spacial score (nSPS) is 10.1. The van der Waals surface area contributed by atoms with Crippen LogP contribution in [0.25, 0.3) is 0 Å². The molecule has 1 amide bonds. The van der Waals surface area contributed by atoms with E-state index in [0.29, 0.717) is 0 Å². The number of amides is 1. The summed E-state index contributed by atoms with van der Waals surface area (Å²) in [6.45, 7) is 0. The largest absolute Gasteiger partial charge is 0.494 e. The number of carbonyl (C=O) groups is 2. The molecule has 104 valence electrons. The van der Waals surface area contributed by atoms with Crippen molar-refractivity contribution in [3.05, 3.63) is 41.5 Å². The minimum atomic E-state index is -1.29. The molecule has 1 aromatic carbocycles. The Bertz CT molecular complexity index is 668. The van der Waals surface area contributed by atoms with E-state index in [4.69, 9.17) is 9.84 Å². The lowest BCUT2D eigenvalue weighted by Gasteiger charge is -2.07. The summed E-state index contributed by atoms with van der Waals surface area (Å²) in [7, 11) is 1.28. The molecular weight excluding hydrogens is 269 g/mol. The van der Waals surface area contributed by atoms with Gasteiger partial charge >= 0.3 is 5.97 Å². The topological polar surface area (TPSA) is 104 Å². The number of aromatic nitrogens is 2. The number of H-pyrrole nitrogens is 1. The van der Waals surface area contributed by atoms with Gasteiger partial charge in [-0.05, 0) is 12.1 Å². The van der Waals surface area contributed by atoms with Gasteiger partial charge in [0.05, 0.1) is 24.6 Å². The van der Waals surface area contributed by atoms with Crippen molar-refractivity contribution >= 4 is 17.6 Å². The Morgan fingerprint density at radius 1 is 1.45 bits per heavy atom. The van der Waals surface area contributed by atoms with Gasteiger partial charge in [0.25, 0.3) is 5.91 Å². The van der Waals surface area contributed by atoms with Crippen molar-refractivity contribution in [2.24, 2.45) is 0 Å². The molecule has 0 saturated heterocycles. The number of ether oxygens (including phenoxy) is 1. The summed E-state index contributed by atoms with van der Waals surface area (Å²) in [5.41, 5.74) is -0.603. The van der Waals surface area contributed by atoms with Gasteiger partial charge in [0, 0.05) is 0 Å². The molecule has 0 radical (unpaired) electrons. The van der Waals surface area contributed by atoms with E-state index in [1.54, 1.807) is 0 Å². The lowest BCUT2D eigenvalue weighted by atomic mass is 10.2. The highest BCUT2D eigenvalue weighted by molar-refractivity contribution is 6.07. The van der Waals surface area contributed by atoms with Crippen LogP contribution in [-0.2, 0) is 0 Å². The minimum Gasteiger partial charge on any atom is -0.494 e. The van der Waals surface area contributed by atoms with Crippen LogP contribution in [0.2, 0.25) is 0 Å². The number of halogens is 1. The van der Waals surface area contributed by atoms with Crippen molar-refractivity contribution in [2.45, 2.75) is 0 Å². The molecule has 1 aromatic heterocycles. The highest BCUT2D eigenvalue weighted by Gasteiger charge is 2.19. The average Bonchev–Trinajstić information content (AvgIpc) is 2.87. The van der Waals surface area contributed by atoms with Crippen molar-refractivity contribution in [1.82, 2.24) is 10.2 Å². The van der Waals surface area contributed by atoms with Crippen molar-refractivity contribution in [1.29, 1.82) is 0 Å². The fraction of sp³-hybridized carbons (Fsp3) is 0.0833. The summed E-state index contributed by atoms with van der Waals surface area (Å²) in [6.07, 6.45) is 1.12. The Hall–Kier alpha value is -2.90. The molecule has 0 atom stereocenters. The number of benzene rings is 1. The van der Waals surface area contributed by atoms with Crippen LogP contribution in [0.1, 0.15) is 20.8 Å². The molecular formula is C12H10FN3O4. The van der Waals surface area contributed by atoms with Gasteiger partial charge < -0.3 is 15.2 Å². The van der Waals surface area contributed by atoms with Gasteiger partial charge in [-0.1, -0.05) is 6.07 Å². The summed E-state index contributed by atoms with van der Waals surface area (Å²) in [6, 6.07) is 4.07. The van der Waals surface area contributed by atoms with Crippen LogP contribution in [-0.4, -0.2) is 34.3 Å². The SMILES string of the molecule is COc1cccc(C(=O)Nc2cn[nH]c2C(=O)O)c1F. The van der Waals surface area contributed by atoms with Crippen LogP contribution in [0.4, 0.5) is 10.1 Å². The second-order valence-electron chi connectivity index (χ2n) is 3.74. The smallest absolute Gasteiger partial charge is 0.356 e. The summed E-state index contributed by atoms with van der Waals surface area (Å²) >= 11 is 0. The van der Waals surface area contributed by atoms with Crippen LogP contribution in [0, 0.1) is 5.82 Å². The Labute approximate surface area is 112 Å². The summed E-state index contributed by atoms with van der Waals surface area (Å²) < 4.78 is 18.7. The molecule has 7 nitrogen and oxygen atoms in total. The van der Waals surface area contributed by atoms with Crippen LogP contribution in [0.15, 0.2) is 24.4 Å². The minimum absolute atomic E-state index is 0.0512. The fourth-order valence-corrected chi connectivity index (χ4v) is 1.58. The number of anilines is 1. The molecule has 0 fully saturated rings. The first-order valence-corrected chi connectivity index (χ1v) is 5.45. The van der Waals surface area contributed by atoms with Crippen molar-refractivity contribution in [2.75, 3.05) is 12.4 Å². The highest BCUT2D eigenvalue weighted by Crippen LogP contribution is 2.21. The number of carboxylic acid groups (broad SMARTS) is 1. The third-order valence-electron chi connectivity index (χ3n) is 2.53. The molecule has 3 N–H and O–H groups in total. The number of hydrogen-bond donors (Lipinski definition) is 3. The van der Waals surface area contributed by atoms with E-state index in [-0.39, 0.29) is 22.7 Å². The zero-order chi connectivity index (χ0) is 14.7. The van der Waals surface area contributed by atoms with E-state index in [2.05, 4.69) is 15.5 Å². The molecule has 8 heteroatoms. The predicted molar refractivity (Wildman–Crippen MR) is 66.5 cm³/mol. The quantitative estimate of drug-likeness (QED) is 0.786. The number of methoxy groups -OCH3 is 1. The highest BCUT2D eigenvalue weighted by atomic mass is 19.1. The van der Waals surface area contributed by atoms with E-state index in [0.717, 1.165) is 6.20 Å². The maximum atomic E-state index is 13.9. The third kappa shape index (κ3) is 2.44. The Balaban J connectivity index is 2.29. The van der Waals surface area contributed by atoms with Gasteiger partial charge in [0.1, 0.15) is 0 Å². The second kappa shape index (κ2) is 5.39. The molecule has 20 heavy (non-hydrogen) atoms. The molecule has 2 aromatic rings. The van der Waals surface area contributed by atoms with Crippen LogP contribution in [0.5, 0.6) is 5.75 Å². The number of nitrogens with zero attached hydrogens (tertiary/aromatic N) is 1. The van der Waals surface area contributed by atoms with Crippen LogP contribution in [0.3, 0.4) is 0 Å². The maximum Gasteiger partial charge on any atom is 0.356 e. The molecule has 0 aliphatic carbocycles. The number of aromatic amines is 1. The van der Waals surface area contributed by atoms with Crippen molar-refractivity contribution in [3.8, 4) is 5.75 Å². The van der Waals surface area contributed by atoms with E-state index >= 15 is 0 Å². The zero-order valence-corrected chi connectivity index (χ0v) is 10.3. The standard InChI is InChI=1S/C12H10FN3O4/c1-20-8-4-2-3-6(9(8)13)11(17)15-7-5-14-16-10(7)12(18)19/h2-5H,1H3,(H,14,16)(H,15,17)(H,18,19). The molecule has 0 aliphatic heterocycles. The molecule has 1 heterocycles. The number of aromatic carboxylic acids is 1. The Kier molecular flexibility index (Phi) is 3.65. The first kappa shape index (κ1) is 13.5. The van der Waals surface area contributed by atoms with Gasteiger partial charge in [0.2, 0.25) is 0 Å². The molecule has 2 rings (SSSR count). The van der Waals surface area contributed by atoms with Gasteiger partial charge in [-0.25, -0.2) is 9.18 Å². The van der Waals surface area contributed by atoms with Crippen LogP contribution < -0.4 is 10.1 Å². The number of carbonyl (C=O) groups excluding carboxylic acids is 1. The predicted octanol–water partition coefficient (Wildman–Crippen LogP) is 1.51. The zero-order valence-electron chi connectivity index (χ0n) is 10.3. The van der Waals surface area contributed by atoms with Crippen molar-refractivity contribution in [3.63, 3.8) is 0 Å². The van der Waals surface area contributed by atoms with Gasteiger partial charge in [-0.2, -0.15) is 5.10 Å². The molecule has 0 saturated carbocycles. The van der Waals surface area contributed by atoms with Gasteiger partial charge in [-0.15, -0.1) is 0 Å². The summed E-state index contributed by atoms with van der Waals surface area (Å²) in [4.78, 5) is 22.8. The van der Waals surface area contributed by atoms with Gasteiger partial charge in [0.15, 0.2) is 17.3 Å². The van der Waals surface area contributed by atoms with E-state index in [9.17, 15) is 14.0 Å². The Morgan fingerprint density at radius 3 is 2.85 bits per heavy atom. The molecule has 0 unspecified atom stereocenters. The maximum absolute atomic E-state index is 13.9. The van der Waals surface area contributed by atoms with Crippen molar-refractivity contribution < 1.29 is 23.8 Å². The number of carboxylic acids is 1. The number of nitrogens with one attached hydrogen (secondary N) is 2. The first-order chi connectivity index (χ1) is 9.54. The Morgan fingerprint density at radius 2 is 2.20 bits per heavy atom. The number of rotatable bonds is 4.